The van der Waals surface area contributed by atoms with Crippen LogP contribution in [0, 0.1) is 12.8 Å². The number of hydrogen-bond donors (Lipinski definition) is 2. The van der Waals surface area contributed by atoms with Crippen LogP contribution in [0.1, 0.15) is 50.2 Å². The van der Waals surface area contributed by atoms with Gasteiger partial charge in [-0.15, -0.1) is 0 Å². The minimum absolute atomic E-state index is 0.00291. The molecule has 5 heteroatoms. The zero-order valence-electron chi connectivity index (χ0n) is 14.7. The highest BCUT2D eigenvalue weighted by Gasteiger charge is 2.42. The number of ether oxygens (including phenoxy) is 1. The summed E-state index contributed by atoms with van der Waals surface area (Å²) in [5.41, 5.74) is 1.51. The van der Waals surface area contributed by atoms with Crippen molar-refractivity contribution in [2.24, 2.45) is 5.92 Å². The van der Waals surface area contributed by atoms with E-state index in [2.05, 4.69) is 5.32 Å². The summed E-state index contributed by atoms with van der Waals surface area (Å²) >= 11 is 0. The average molecular weight is 333 g/mol. The molecule has 0 aromatic heterocycles. The lowest BCUT2D eigenvalue weighted by Gasteiger charge is -2.29. The Balaban J connectivity index is 2.18. The first kappa shape index (κ1) is 18.3. The smallest absolute Gasteiger partial charge is 0.303 e. The fourth-order valence-corrected chi connectivity index (χ4v) is 3.55. The Morgan fingerprint density at radius 2 is 2.00 bits per heavy atom. The maximum atomic E-state index is 12.9. The molecular formula is C19H27NO4. The van der Waals surface area contributed by atoms with E-state index in [1.807, 2.05) is 32.0 Å². The van der Waals surface area contributed by atoms with Gasteiger partial charge in [0, 0.05) is 13.0 Å². The summed E-state index contributed by atoms with van der Waals surface area (Å²) < 4.78 is 5.41. The van der Waals surface area contributed by atoms with Gasteiger partial charge in [-0.05, 0) is 42.9 Å². The fourth-order valence-electron chi connectivity index (χ4n) is 3.55. The third-order valence-corrected chi connectivity index (χ3v) is 4.99. The van der Waals surface area contributed by atoms with Gasteiger partial charge >= 0.3 is 5.97 Å². The highest BCUT2D eigenvalue weighted by molar-refractivity contribution is 5.88. The molecule has 132 valence electrons. The van der Waals surface area contributed by atoms with Crippen LogP contribution in [-0.4, -0.2) is 30.6 Å². The predicted octanol–water partition coefficient (Wildman–Crippen LogP) is 3.04. The Kier molecular flexibility index (Phi) is 5.86. The lowest BCUT2D eigenvalue weighted by atomic mass is 9.77. The molecule has 0 bridgehead atoms. The number of nitrogens with one attached hydrogen (secondary N) is 1. The van der Waals surface area contributed by atoms with Gasteiger partial charge in [-0.25, -0.2) is 0 Å². The van der Waals surface area contributed by atoms with Crippen LogP contribution in [0.25, 0.3) is 0 Å². The van der Waals surface area contributed by atoms with Crippen LogP contribution in [0.15, 0.2) is 18.2 Å². The Morgan fingerprint density at radius 1 is 1.33 bits per heavy atom. The first-order chi connectivity index (χ1) is 11.4. The lowest BCUT2D eigenvalue weighted by molar-refractivity contribution is -0.138. The number of carboxylic acids is 1. The molecule has 0 radical (unpaired) electrons. The van der Waals surface area contributed by atoms with E-state index in [0.717, 1.165) is 42.6 Å². The predicted molar refractivity (Wildman–Crippen MR) is 92.3 cm³/mol. The van der Waals surface area contributed by atoms with Crippen molar-refractivity contribution in [3.8, 4) is 5.75 Å². The molecular weight excluding hydrogens is 306 g/mol. The third-order valence-electron chi connectivity index (χ3n) is 4.99. The van der Waals surface area contributed by atoms with Crippen molar-refractivity contribution in [1.29, 1.82) is 0 Å². The molecule has 1 aromatic carbocycles. The van der Waals surface area contributed by atoms with Gasteiger partial charge < -0.3 is 15.2 Å². The Morgan fingerprint density at radius 3 is 2.58 bits per heavy atom. The molecule has 1 saturated carbocycles. The number of carboxylic acid groups (broad SMARTS) is 1. The molecule has 1 amide bonds. The number of aryl methyl sites for hydroxylation is 1. The third kappa shape index (κ3) is 3.89. The number of carbonyl (C=O) groups is 2. The number of methoxy groups -OCH3 is 1. The molecule has 1 fully saturated rings. The van der Waals surface area contributed by atoms with Crippen molar-refractivity contribution in [2.45, 2.75) is 51.4 Å². The second kappa shape index (κ2) is 7.69. The van der Waals surface area contributed by atoms with Gasteiger partial charge in [0.1, 0.15) is 5.75 Å². The van der Waals surface area contributed by atoms with Crippen molar-refractivity contribution in [2.75, 3.05) is 13.7 Å². The summed E-state index contributed by atoms with van der Waals surface area (Å²) in [4.78, 5) is 23.7. The van der Waals surface area contributed by atoms with E-state index in [1.165, 1.54) is 0 Å². The molecule has 1 unspecified atom stereocenters. The summed E-state index contributed by atoms with van der Waals surface area (Å²) in [6.07, 6.45) is 3.74. The summed E-state index contributed by atoms with van der Waals surface area (Å²) in [5.74, 6) is -0.123. The Bertz CT molecular complexity index is 605. The molecule has 1 aromatic rings. The zero-order chi connectivity index (χ0) is 17.7. The second-order valence-electron chi connectivity index (χ2n) is 6.89. The fraction of sp³-hybridized carbons (Fsp3) is 0.579. The molecule has 0 heterocycles. The summed E-state index contributed by atoms with van der Waals surface area (Å²) in [7, 11) is 1.64. The van der Waals surface area contributed by atoms with Gasteiger partial charge in [0.25, 0.3) is 0 Å². The molecule has 1 aliphatic rings. The SMILES string of the molecule is COc1cc(C2(C(=O)NCC(C)CC(=O)O)CCCC2)ccc1C. The maximum absolute atomic E-state index is 12.9. The Hall–Kier alpha value is -2.04. The van der Waals surface area contributed by atoms with Crippen LogP contribution in [0.3, 0.4) is 0 Å². The van der Waals surface area contributed by atoms with Crippen LogP contribution in [0.5, 0.6) is 5.75 Å². The molecule has 2 N–H and O–H groups in total. The molecule has 0 spiro atoms. The summed E-state index contributed by atoms with van der Waals surface area (Å²) in [6.45, 7) is 4.21. The zero-order valence-corrected chi connectivity index (χ0v) is 14.7. The molecule has 5 nitrogen and oxygen atoms in total. The highest BCUT2D eigenvalue weighted by Crippen LogP contribution is 2.42. The van der Waals surface area contributed by atoms with Crippen LogP contribution in [0.4, 0.5) is 0 Å². The minimum atomic E-state index is -0.837. The van der Waals surface area contributed by atoms with Crippen LogP contribution in [0.2, 0.25) is 0 Å². The first-order valence-electron chi connectivity index (χ1n) is 8.54. The summed E-state index contributed by atoms with van der Waals surface area (Å²) in [5, 5.41) is 11.8. The molecule has 1 atom stereocenters. The number of carbonyl (C=O) groups excluding carboxylic acids is 1. The van der Waals surface area contributed by atoms with E-state index in [4.69, 9.17) is 9.84 Å². The van der Waals surface area contributed by atoms with Gasteiger partial charge in [-0.2, -0.15) is 0 Å². The van der Waals surface area contributed by atoms with Crippen molar-refractivity contribution < 1.29 is 19.4 Å². The average Bonchev–Trinajstić information content (AvgIpc) is 3.03. The van der Waals surface area contributed by atoms with E-state index in [9.17, 15) is 9.59 Å². The highest BCUT2D eigenvalue weighted by atomic mass is 16.5. The van der Waals surface area contributed by atoms with Crippen LogP contribution < -0.4 is 10.1 Å². The van der Waals surface area contributed by atoms with E-state index < -0.39 is 11.4 Å². The van der Waals surface area contributed by atoms with E-state index in [-0.39, 0.29) is 18.2 Å². The van der Waals surface area contributed by atoms with Gasteiger partial charge in [-0.3, -0.25) is 9.59 Å². The summed E-state index contributed by atoms with van der Waals surface area (Å²) in [6, 6.07) is 5.99. The normalized spacial score (nSPS) is 17.3. The maximum Gasteiger partial charge on any atom is 0.303 e. The van der Waals surface area contributed by atoms with Crippen molar-refractivity contribution >= 4 is 11.9 Å². The standard InChI is InChI=1S/C19H27NO4/c1-13(10-17(21)22)12-20-18(23)19(8-4-5-9-19)15-7-6-14(2)16(11-15)24-3/h6-7,11,13H,4-5,8-10,12H2,1-3H3,(H,20,23)(H,21,22). The van der Waals surface area contributed by atoms with Gasteiger partial charge in [-0.1, -0.05) is 31.9 Å². The molecule has 2 rings (SSSR count). The quantitative estimate of drug-likeness (QED) is 0.804. The first-order valence-corrected chi connectivity index (χ1v) is 8.54. The second-order valence-corrected chi connectivity index (χ2v) is 6.89. The number of rotatable bonds is 7. The van der Waals surface area contributed by atoms with Gasteiger partial charge in [0.15, 0.2) is 0 Å². The van der Waals surface area contributed by atoms with Crippen molar-refractivity contribution in [3.63, 3.8) is 0 Å². The lowest BCUT2D eigenvalue weighted by Crippen LogP contribution is -2.44. The van der Waals surface area contributed by atoms with Gasteiger partial charge in [0.2, 0.25) is 5.91 Å². The molecule has 24 heavy (non-hydrogen) atoms. The van der Waals surface area contributed by atoms with E-state index in [1.54, 1.807) is 7.11 Å². The van der Waals surface area contributed by atoms with Crippen molar-refractivity contribution in [3.05, 3.63) is 29.3 Å². The van der Waals surface area contributed by atoms with E-state index in [0.29, 0.717) is 6.54 Å². The van der Waals surface area contributed by atoms with Crippen LogP contribution in [-0.2, 0) is 15.0 Å². The Labute approximate surface area is 143 Å². The molecule has 1 aliphatic carbocycles. The van der Waals surface area contributed by atoms with Gasteiger partial charge in [0.05, 0.1) is 12.5 Å². The minimum Gasteiger partial charge on any atom is -0.496 e. The van der Waals surface area contributed by atoms with Crippen molar-refractivity contribution in [1.82, 2.24) is 5.32 Å². The molecule has 0 saturated heterocycles. The van der Waals surface area contributed by atoms with E-state index >= 15 is 0 Å². The largest absolute Gasteiger partial charge is 0.496 e. The topological polar surface area (TPSA) is 75.6 Å². The monoisotopic (exact) mass is 333 g/mol. The number of benzene rings is 1. The number of aliphatic carboxylic acids is 1. The van der Waals surface area contributed by atoms with Crippen LogP contribution >= 0.6 is 0 Å². The molecule has 0 aliphatic heterocycles. The number of amides is 1. The number of hydrogen-bond acceptors (Lipinski definition) is 3.